The summed E-state index contributed by atoms with van der Waals surface area (Å²) in [7, 11) is 1.58. The molecule has 0 aliphatic heterocycles. The van der Waals surface area contributed by atoms with Gasteiger partial charge in [0.15, 0.2) is 0 Å². The number of nitrogens with zero attached hydrogens (tertiary/aromatic N) is 2. The molecule has 1 heterocycles. The fourth-order valence-corrected chi connectivity index (χ4v) is 2.06. The minimum absolute atomic E-state index is 0.00881. The summed E-state index contributed by atoms with van der Waals surface area (Å²) in [5, 5.41) is 11.9. The molecular weight excluding hydrogens is 240 g/mol. The average molecular weight is 258 g/mol. The van der Waals surface area contributed by atoms with Gasteiger partial charge in [-0.1, -0.05) is 6.07 Å². The SMILES string of the molecule is COc1cc(Cn2nc(C)cc2C)ccc1C(=N)N. The van der Waals surface area contributed by atoms with Gasteiger partial charge in [0.05, 0.1) is 24.9 Å². The fraction of sp³-hybridized carbons (Fsp3) is 0.286. The van der Waals surface area contributed by atoms with E-state index in [2.05, 4.69) is 5.10 Å². The standard InChI is InChI=1S/C14H18N4O/c1-9-6-10(2)18(17-9)8-11-4-5-12(14(15)16)13(7-11)19-3/h4-7H,8H2,1-3H3,(H3,15,16). The van der Waals surface area contributed by atoms with Gasteiger partial charge in [0.1, 0.15) is 11.6 Å². The summed E-state index contributed by atoms with van der Waals surface area (Å²) in [6.07, 6.45) is 0. The maximum Gasteiger partial charge on any atom is 0.130 e. The van der Waals surface area contributed by atoms with Crippen LogP contribution >= 0.6 is 0 Å². The lowest BCUT2D eigenvalue weighted by Gasteiger charge is -2.10. The van der Waals surface area contributed by atoms with Crippen molar-refractivity contribution in [2.45, 2.75) is 20.4 Å². The van der Waals surface area contributed by atoms with E-state index in [-0.39, 0.29) is 5.84 Å². The van der Waals surface area contributed by atoms with Gasteiger partial charge in [-0.2, -0.15) is 5.10 Å². The first kappa shape index (κ1) is 13.1. The van der Waals surface area contributed by atoms with E-state index in [9.17, 15) is 0 Å². The van der Waals surface area contributed by atoms with E-state index in [1.165, 1.54) is 0 Å². The molecule has 1 aromatic carbocycles. The van der Waals surface area contributed by atoms with E-state index in [1.807, 2.05) is 42.8 Å². The minimum atomic E-state index is 0.00881. The Morgan fingerprint density at radius 2 is 2.11 bits per heavy atom. The highest BCUT2D eigenvalue weighted by atomic mass is 16.5. The zero-order chi connectivity index (χ0) is 14.0. The zero-order valence-electron chi connectivity index (χ0n) is 11.4. The monoisotopic (exact) mass is 258 g/mol. The third kappa shape index (κ3) is 2.76. The van der Waals surface area contributed by atoms with Crippen LogP contribution < -0.4 is 10.5 Å². The lowest BCUT2D eigenvalue weighted by Crippen LogP contribution is -2.13. The van der Waals surface area contributed by atoms with Crippen molar-refractivity contribution in [3.63, 3.8) is 0 Å². The van der Waals surface area contributed by atoms with E-state index < -0.39 is 0 Å². The summed E-state index contributed by atoms with van der Waals surface area (Å²) < 4.78 is 7.21. The molecule has 0 radical (unpaired) electrons. The van der Waals surface area contributed by atoms with Gasteiger partial charge in [0, 0.05) is 5.69 Å². The van der Waals surface area contributed by atoms with Gasteiger partial charge < -0.3 is 10.5 Å². The Morgan fingerprint density at radius 3 is 2.63 bits per heavy atom. The topological polar surface area (TPSA) is 76.9 Å². The maximum atomic E-state index is 7.49. The number of benzene rings is 1. The molecule has 0 fully saturated rings. The lowest BCUT2D eigenvalue weighted by atomic mass is 10.1. The molecule has 100 valence electrons. The number of ether oxygens (including phenoxy) is 1. The molecular formula is C14H18N4O. The molecule has 0 amide bonds. The second-order valence-corrected chi connectivity index (χ2v) is 4.53. The van der Waals surface area contributed by atoms with Crippen molar-refractivity contribution < 1.29 is 4.74 Å². The summed E-state index contributed by atoms with van der Waals surface area (Å²) in [4.78, 5) is 0. The largest absolute Gasteiger partial charge is 0.496 e. The summed E-state index contributed by atoms with van der Waals surface area (Å²) in [5.74, 6) is 0.626. The molecule has 2 aromatic rings. The smallest absolute Gasteiger partial charge is 0.130 e. The summed E-state index contributed by atoms with van der Waals surface area (Å²) in [5.41, 5.74) is 9.30. The summed E-state index contributed by atoms with van der Waals surface area (Å²) in [6.45, 7) is 4.68. The van der Waals surface area contributed by atoms with Crippen LogP contribution in [0.4, 0.5) is 0 Å². The first-order valence-corrected chi connectivity index (χ1v) is 6.03. The molecule has 2 rings (SSSR count). The third-order valence-corrected chi connectivity index (χ3v) is 2.99. The van der Waals surface area contributed by atoms with E-state index in [4.69, 9.17) is 15.9 Å². The Kier molecular flexibility index (Phi) is 3.55. The molecule has 3 N–H and O–H groups in total. The fourth-order valence-electron chi connectivity index (χ4n) is 2.06. The van der Waals surface area contributed by atoms with E-state index in [0.717, 1.165) is 17.0 Å². The van der Waals surface area contributed by atoms with Gasteiger partial charge in [-0.25, -0.2) is 0 Å². The van der Waals surface area contributed by atoms with Crippen LogP contribution in [0.5, 0.6) is 5.75 Å². The highest BCUT2D eigenvalue weighted by Gasteiger charge is 2.08. The Hall–Kier alpha value is -2.30. The predicted molar refractivity (Wildman–Crippen MR) is 74.8 cm³/mol. The van der Waals surface area contributed by atoms with Crippen molar-refractivity contribution in [2.75, 3.05) is 7.11 Å². The molecule has 0 aliphatic carbocycles. The van der Waals surface area contributed by atoms with Gasteiger partial charge in [-0.05, 0) is 37.6 Å². The van der Waals surface area contributed by atoms with Crippen LogP contribution in [0.25, 0.3) is 0 Å². The van der Waals surface area contributed by atoms with Gasteiger partial charge >= 0.3 is 0 Å². The molecule has 0 atom stereocenters. The van der Waals surface area contributed by atoms with Crippen LogP contribution in [0.3, 0.4) is 0 Å². The average Bonchev–Trinajstić information content (AvgIpc) is 2.67. The number of amidine groups is 1. The molecule has 0 spiro atoms. The Balaban J connectivity index is 2.31. The van der Waals surface area contributed by atoms with Crippen LogP contribution in [0, 0.1) is 19.3 Å². The molecule has 0 unspecified atom stereocenters. The summed E-state index contributed by atoms with van der Waals surface area (Å²) >= 11 is 0. The number of aromatic nitrogens is 2. The second-order valence-electron chi connectivity index (χ2n) is 4.53. The maximum absolute atomic E-state index is 7.49. The number of nitrogens with two attached hydrogens (primary N) is 1. The molecule has 5 heteroatoms. The number of hydrogen-bond acceptors (Lipinski definition) is 3. The molecule has 5 nitrogen and oxygen atoms in total. The third-order valence-electron chi connectivity index (χ3n) is 2.99. The molecule has 0 aliphatic rings. The number of rotatable bonds is 4. The van der Waals surface area contributed by atoms with Crippen LogP contribution in [0.1, 0.15) is 22.5 Å². The van der Waals surface area contributed by atoms with Gasteiger partial charge in [0.25, 0.3) is 0 Å². The number of methoxy groups -OCH3 is 1. The second kappa shape index (κ2) is 5.14. The molecule has 0 saturated carbocycles. The van der Waals surface area contributed by atoms with Crippen molar-refractivity contribution in [3.05, 3.63) is 46.8 Å². The van der Waals surface area contributed by atoms with E-state index in [0.29, 0.717) is 17.9 Å². The molecule has 1 aromatic heterocycles. The van der Waals surface area contributed by atoms with Gasteiger partial charge in [0.2, 0.25) is 0 Å². The van der Waals surface area contributed by atoms with Crippen LogP contribution in [0.15, 0.2) is 24.3 Å². The van der Waals surface area contributed by atoms with Crippen molar-refractivity contribution in [1.29, 1.82) is 5.41 Å². The molecule has 0 saturated heterocycles. The van der Waals surface area contributed by atoms with E-state index >= 15 is 0 Å². The van der Waals surface area contributed by atoms with Crippen LogP contribution in [-0.4, -0.2) is 22.7 Å². The number of nitrogens with one attached hydrogen (secondary N) is 1. The number of hydrogen-bond donors (Lipinski definition) is 2. The van der Waals surface area contributed by atoms with Crippen molar-refractivity contribution >= 4 is 5.84 Å². The Labute approximate surface area is 112 Å². The number of aryl methyl sites for hydroxylation is 2. The van der Waals surface area contributed by atoms with Gasteiger partial charge in [-0.3, -0.25) is 10.1 Å². The first-order chi connectivity index (χ1) is 9.01. The van der Waals surface area contributed by atoms with Crippen molar-refractivity contribution in [3.8, 4) is 5.75 Å². The van der Waals surface area contributed by atoms with Crippen LogP contribution in [0.2, 0.25) is 0 Å². The van der Waals surface area contributed by atoms with Crippen LogP contribution in [-0.2, 0) is 6.54 Å². The first-order valence-electron chi connectivity index (χ1n) is 6.03. The predicted octanol–water partition coefficient (Wildman–Crippen LogP) is 1.84. The Morgan fingerprint density at radius 1 is 1.37 bits per heavy atom. The molecule has 19 heavy (non-hydrogen) atoms. The quantitative estimate of drug-likeness (QED) is 0.649. The van der Waals surface area contributed by atoms with E-state index in [1.54, 1.807) is 7.11 Å². The number of nitrogen functional groups attached to an aromatic ring is 1. The van der Waals surface area contributed by atoms with Crippen molar-refractivity contribution in [2.24, 2.45) is 5.73 Å². The Bertz CT molecular complexity index is 616. The summed E-state index contributed by atoms with van der Waals surface area (Å²) in [6, 6.07) is 7.69. The van der Waals surface area contributed by atoms with Gasteiger partial charge in [-0.15, -0.1) is 0 Å². The highest BCUT2D eigenvalue weighted by molar-refractivity contribution is 5.97. The molecule has 0 bridgehead atoms. The lowest BCUT2D eigenvalue weighted by molar-refractivity contribution is 0.413. The zero-order valence-corrected chi connectivity index (χ0v) is 11.4. The normalized spacial score (nSPS) is 10.5. The van der Waals surface area contributed by atoms with Crippen molar-refractivity contribution in [1.82, 2.24) is 9.78 Å². The highest BCUT2D eigenvalue weighted by Crippen LogP contribution is 2.20. The minimum Gasteiger partial charge on any atom is -0.496 e.